The Morgan fingerprint density at radius 3 is 2.94 bits per heavy atom. The van der Waals surface area contributed by atoms with Crippen molar-refractivity contribution in [1.82, 2.24) is 34.8 Å². The second kappa shape index (κ2) is 8.96. The molecule has 1 amide bonds. The van der Waals surface area contributed by atoms with Crippen LogP contribution in [0.5, 0.6) is 11.6 Å². The molecule has 1 atom stereocenters. The van der Waals surface area contributed by atoms with E-state index in [9.17, 15) is 9.59 Å². The van der Waals surface area contributed by atoms with Gasteiger partial charge < -0.3 is 20.1 Å². The first kappa shape index (κ1) is 22.0. The van der Waals surface area contributed by atoms with Gasteiger partial charge in [-0.1, -0.05) is 0 Å². The number of methoxy groups -OCH3 is 1. The summed E-state index contributed by atoms with van der Waals surface area (Å²) in [5.74, 6) is 1.46. The highest BCUT2D eigenvalue weighted by Crippen LogP contribution is 2.26. The zero-order valence-corrected chi connectivity index (χ0v) is 19.4. The molecule has 0 bridgehead atoms. The SMILES string of the molecule is COc1ccc2ncc(=O)n(-c3ncc4c(n3)CCC(NCc3ccc5c(n3)NC(=O)CO5)C4)c2n1. The molecule has 4 aromatic heterocycles. The van der Waals surface area contributed by atoms with Crippen LogP contribution in [-0.4, -0.2) is 55.2 Å². The number of carbonyl (C=O) groups is 1. The predicted molar refractivity (Wildman–Crippen MR) is 128 cm³/mol. The van der Waals surface area contributed by atoms with Gasteiger partial charge in [0.2, 0.25) is 11.8 Å². The smallest absolute Gasteiger partial charge is 0.277 e. The largest absolute Gasteiger partial charge is 0.481 e. The van der Waals surface area contributed by atoms with Gasteiger partial charge in [-0.05, 0) is 43.0 Å². The highest BCUT2D eigenvalue weighted by atomic mass is 16.5. The van der Waals surface area contributed by atoms with Crippen molar-refractivity contribution in [3.63, 3.8) is 0 Å². The van der Waals surface area contributed by atoms with Gasteiger partial charge in [-0.15, -0.1) is 0 Å². The molecule has 4 aromatic rings. The van der Waals surface area contributed by atoms with Crippen molar-refractivity contribution in [3.8, 4) is 17.6 Å². The van der Waals surface area contributed by atoms with E-state index in [1.54, 1.807) is 18.3 Å². The number of aryl methyl sites for hydroxylation is 1. The molecule has 0 saturated heterocycles. The van der Waals surface area contributed by atoms with Crippen molar-refractivity contribution in [2.45, 2.75) is 31.8 Å². The van der Waals surface area contributed by atoms with E-state index >= 15 is 0 Å². The number of anilines is 1. The molecule has 0 saturated carbocycles. The molecule has 1 aliphatic carbocycles. The Morgan fingerprint density at radius 1 is 1.14 bits per heavy atom. The summed E-state index contributed by atoms with van der Waals surface area (Å²) in [6.07, 6.45) is 5.36. The third-order valence-electron chi connectivity index (χ3n) is 6.23. The van der Waals surface area contributed by atoms with Gasteiger partial charge in [0.25, 0.3) is 11.5 Å². The molecule has 12 nitrogen and oxygen atoms in total. The van der Waals surface area contributed by atoms with Crippen molar-refractivity contribution in [2.24, 2.45) is 0 Å². The zero-order valence-electron chi connectivity index (χ0n) is 19.4. The van der Waals surface area contributed by atoms with Crippen LogP contribution in [0.1, 0.15) is 23.4 Å². The van der Waals surface area contributed by atoms with Gasteiger partial charge >= 0.3 is 0 Å². The molecular weight excluding hydrogens is 464 g/mol. The van der Waals surface area contributed by atoms with E-state index in [4.69, 9.17) is 14.5 Å². The number of carbonyl (C=O) groups excluding carboxylic acids is 1. The van der Waals surface area contributed by atoms with Crippen LogP contribution in [0.3, 0.4) is 0 Å². The molecule has 12 heteroatoms. The molecule has 36 heavy (non-hydrogen) atoms. The lowest BCUT2D eigenvalue weighted by molar-refractivity contribution is -0.118. The second-order valence-corrected chi connectivity index (χ2v) is 8.58. The van der Waals surface area contributed by atoms with E-state index < -0.39 is 0 Å². The summed E-state index contributed by atoms with van der Waals surface area (Å²) in [4.78, 5) is 46.5. The van der Waals surface area contributed by atoms with E-state index in [2.05, 4.69) is 30.6 Å². The second-order valence-electron chi connectivity index (χ2n) is 8.58. The number of nitrogens with zero attached hydrogens (tertiary/aromatic N) is 6. The number of rotatable bonds is 5. The quantitative estimate of drug-likeness (QED) is 0.418. The van der Waals surface area contributed by atoms with Gasteiger partial charge in [-0.3, -0.25) is 9.59 Å². The first-order valence-electron chi connectivity index (χ1n) is 11.5. The predicted octanol–water partition coefficient (Wildman–Crippen LogP) is 0.952. The number of fused-ring (bicyclic) bond motifs is 3. The van der Waals surface area contributed by atoms with Crippen molar-refractivity contribution in [3.05, 3.63) is 64.0 Å². The summed E-state index contributed by atoms with van der Waals surface area (Å²) in [6, 6.07) is 7.35. The van der Waals surface area contributed by atoms with Crippen molar-refractivity contribution < 1.29 is 14.3 Å². The van der Waals surface area contributed by atoms with Crippen LogP contribution in [0.25, 0.3) is 17.1 Å². The Balaban J connectivity index is 1.20. The van der Waals surface area contributed by atoms with Crippen LogP contribution in [0, 0.1) is 0 Å². The average molecular weight is 486 g/mol. The Labute approximate surface area is 204 Å². The fraction of sp³-hybridized carbons (Fsp3) is 0.292. The highest BCUT2D eigenvalue weighted by molar-refractivity contribution is 5.94. The van der Waals surface area contributed by atoms with Gasteiger partial charge in [0.05, 0.1) is 19.0 Å². The zero-order chi connectivity index (χ0) is 24.6. The lowest BCUT2D eigenvalue weighted by Gasteiger charge is -2.25. The monoisotopic (exact) mass is 486 g/mol. The topological polar surface area (TPSA) is 146 Å². The van der Waals surface area contributed by atoms with Gasteiger partial charge in [0, 0.05) is 30.5 Å². The number of pyridine rings is 2. The number of aromatic nitrogens is 6. The Bertz CT molecular complexity index is 1550. The molecule has 0 radical (unpaired) electrons. The maximum absolute atomic E-state index is 12.7. The number of hydrogen-bond acceptors (Lipinski definition) is 10. The Hall–Kier alpha value is -4.45. The third-order valence-corrected chi connectivity index (χ3v) is 6.23. The molecule has 0 spiro atoms. The fourth-order valence-electron chi connectivity index (χ4n) is 4.41. The third kappa shape index (κ3) is 4.11. The minimum Gasteiger partial charge on any atom is -0.481 e. The van der Waals surface area contributed by atoms with Crippen molar-refractivity contribution in [1.29, 1.82) is 0 Å². The molecular formula is C24H22N8O4. The van der Waals surface area contributed by atoms with Crippen molar-refractivity contribution in [2.75, 3.05) is 19.0 Å². The van der Waals surface area contributed by atoms with Crippen LogP contribution >= 0.6 is 0 Å². The van der Waals surface area contributed by atoms with Gasteiger partial charge in [0.15, 0.2) is 23.8 Å². The van der Waals surface area contributed by atoms with Gasteiger partial charge in [-0.25, -0.2) is 24.5 Å². The van der Waals surface area contributed by atoms with Crippen LogP contribution in [0.15, 0.2) is 41.5 Å². The van der Waals surface area contributed by atoms with E-state index in [0.29, 0.717) is 35.2 Å². The molecule has 1 aliphatic heterocycles. The first-order chi connectivity index (χ1) is 17.6. The van der Waals surface area contributed by atoms with E-state index in [0.717, 1.165) is 36.2 Å². The number of nitrogens with one attached hydrogen (secondary N) is 2. The minimum atomic E-state index is -0.363. The van der Waals surface area contributed by atoms with E-state index in [-0.39, 0.29) is 30.1 Å². The average Bonchev–Trinajstić information content (AvgIpc) is 2.91. The summed E-state index contributed by atoms with van der Waals surface area (Å²) in [6.45, 7) is 0.558. The maximum Gasteiger partial charge on any atom is 0.277 e. The van der Waals surface area contributed by atoms with E-state index in [1.165, 1.54) is 17.9 Å². The molecule has 5 heterocycles. The number of ether oxygens (including phenoxy) is 2. The molecule has 6 rings (SSSR count). The Kier molecular flexibility index (Phi) is 5.49. The lowest BCUT2D eigenvalue weighted by atomic mass is 9.93. The van der Waals surface area contributed by atoms with Crippen LogP contribution in [0.4, 0.5) is 5.82 Å². The molecule has 1 unspecified atom stereocenters. The van der Waals surface area contributed by atoms with Gasteiger partial charge in [0.1, 0.15) is 5.52 Å². The summed E-state index contributed by atoms with van der Waals surface area (Å²) < 4.78 is 11.9. The highest BCUT2D eigenvalue weighted by Gasteiger charge is 2.23. The molecule has 0 aromatic carbocycles. The minimum absolute atomic E-state index is 0.00821. The standard InChI is InChI=1S/C24H22N8O4/c1-35-20-7-5-17-23(31-20)32(21(34)11-26-17)24-27-9-13-8-14(2-4-16(13)29-24)25-10-15-3-6-18-22(28-15)30-19(33)12-36-18/h3,5-7,9,11,14,25H,2,4,8,10,12H2,1H3,(H,28,30,33). The molecule has 2 N–H and O–H groups in total. The van der Waals surface area contributed by atoms with Crippen LogP contribution in [0.2, 0.25) is 0 Å². The molecule has 182 valence electrons. The maximum atomic E-state index is 12.7. The van der Waals surface area contributed by atoms with Crippen LogP contribution in [-0.2, 0) is 24.2 Å². The molecule has 0 fully saturated rings. The molecule has 2 aliphatic rings. The van der Waals surface area contributed by atoms with Crippen molar-refractivity contribution >= 4 is 22.9 Å². The summed E-state index contributed by atoms with van der Waals surface area (Å²) >= 11 is 0. The normalized spacial score (nSPS) is 16.6. The lowest BCUT2D eigenvalue weighted by Crippen LogP contribution is -2.35. The number of hydrogen-bond donors (Lipinski definition) is 2. The summed E-state index contributed by atoms with van der Waals surface area (Å²) in [5, 5.41) is 6.26. The van der Waals surface area contributed by atoms with Crippen LogP contribution < -0.4 is 25.7 Å². The first-order valence-corrected chi connectivity index (χ1v) is 11.5. The van der Waals surface area contributed by atoms with E-state index in [1.807, 2.05) is 12.1 Å². The van der Waals surface area contributed by atoms with Gasteiger partial charge in [-0.2, -0.15) is 4.98 Å². The summed E-state index contributed by atoms with van der Waals surface area (Å²) in [5.41, 5.74) is 3.27. The summed E-state index contributed by atoms with van der Waals surface area (Å²) in [7, 11) is 1.51. The number of amides is 1. The Morgan fingerprint density at radius 2 is 2.06 bits per heavy atom. The fourth-order valence-corrected chi connectivity index (χ4v) is 4.41.